The Bertz CT molecular complexity index is 463. The molecule has 1 unspecified atom stereocenters. The van der Waals surface area contributed by atoms with Crippen LogP contribution in [0.25, 0.3) is 0 Å². The van der Waals surface area contributed by atoms with Gasteiger partial charge in [0, 0.05) is 32.4 Å². The fourth-order valence-corrected chi connectivity index (χ4v) is 2.53. The molecule has 1 aliphatic heterocycles. The second-order valence-electron chi connectivity index (χ2n) is 5.72. The summed E-state index contributed by atoms with van der Waals surface area (Å²) in [5, 5.41) is 0. The minimum absolute atomic E-state index is 0.105. The number of rotatable bonds is 6. The highest BCUT2D eigenvalue weighted by Crippen LogP contribution is 2.10. The van der Waals surface area contributed by atoms with Gasteiger partial charge in [0.05, 0.1) is 24.9 Å². The van der Waals surface area contributed by atoms with Crippen LogP contribution < -0.4 is 5.73 Å². The first kappa shape index (κ1) is 15.9. The molecule has 0 aromatic carbocycles. The lowest BCUT2D eigenvalue weighted by atomic mass is 10.2. The van der Waals surface area contributed by atoms with Crippen molar-refractivity contribution < 1.29 is 9.53 Å². The molecule has 1 aromatic heterocycles. The van der Waals surface area contributed by atoms with Crippen molar-refractivity contribution in [3.8, 4) is 0 Å². The van der Waals surface area contributed by atoms with Crippen LogP contribution in [0.1, 0.15) is 11.3 Å². The number of primary amides is 1. The maximum absolute atomic E-state index is 10.9. The molecule has 1 aromatic rings. The second kappa shape index (κ2) is 7.49. The van der Waals surface area contributed by atoms with Crippen molar-refractivity contribution in [1.82, 2.24) is 14.8 Å². The molecule has 2 rings (SSSR count). The molecule has 0 bridgehead atoms. The lowest BCUT2D eigenvalue weighted by molar-refractivity contribution is -0.119. The van der Waals surface area contributed by atoms with Crippen molar-refractivity contribution >= 4 is 5.91 Å². The molecule has 1 amide bonds. The van der Waals surface area contributed by atoms with Crippen LogP contribution >= 0.6 is 0 Å². The Morgan fingerprint density at radius 2 is 2.38 bits per heavy atom. The molecule has 2 heterocycles. The van der Waals surface area contributed by atoms with E-state index in [1.54, 1.807) is 0 Å². The van der Waals surface area contributed by atoms with E-state index in [1.807, 2.05) is 25.1 Å². The Balaban J connectivity index is 1.82. The fraction of sp³-hybridized carbons (Fsp3) is 0.600. The average Bonchev–Trinajstić information content (AvgIpc) is 2.41. The Labute approximate surface area is 125 Å². The lowest BCUT2D eigenvalue weighted by Crippen LogP contribution is -2.47. The van der Waals surface area contributed by atoms with Gasteiger partial charge in [0.1, 0.15) is 0 Å². The number of pyridine rings is 1. The van der Waals surface area contributed by atoms with Gasteiger partial charge in [-0.05, 0) is 25.6 Å². The summed E-state index contributed by atoms with van der Waals surface area (Å²) < 4.78 is 5.76. The zero-order valence-corrected chi connectivity index (χ0v) is 12.8. The van der Waals surface area contributed by atoms with E-state index in [0.29, 0.717) is 13.2 Å². The van der Waals surface area contributed by atoms with E-state index in [-0.39, 0.29) is 18.6 Å². The smallest absolute Gasteiger partial charge is 0.231 e. The van der Waals surface area contributed by atoms with Gasteiger partial charge >= 0.3 is 0 Å². The van der Waals surface area contributed by atoms with Gasteiger partial charge in [-0.15, -0.1) is 0 Å². The molecule has 6 nitrogen and oxygen atoms in total. The number of morpholine rings is 1. The topological polar surface area (TPSA) is 71.7 Å². The molecule has 1 fully saturated rings. The van der Waals surface area contributed by atoms with E-state index in [9.17, 15) is 4.79 Å². The molecule has 0 radical (unpaired) electrons. The summed E-state index contributed by atoms with van der Waals surface area (Å²) in [5.41, 5.74) is 7.45. The highest BCUT2D eigenvalue weighted by atomic mass is 16.5. The molecule has 2 N–H and O–H groups in total. The maximum atomic E-state index is 10.9. The zero-order valence-electron chi connectivity index (χ0n) is 12.8. The predicted octanol–water partition coefficient (Wildman–Crippen LogP) is 0.00792. The van der Waals surface area contributed by atoms with Crippen molar-refractivity contribution in [1.29, 1.82) is 0 Å². The third kappa shape index (κ3) is 5.41. The Kier molecular flexibility index (Phi) is 5.67. The van der Waals surface area contributed by atoms with Gasteiger partial charge in [-0.3, -0.25) is 19.6 Å². The van der Waals surface area contributed by atoms with Crippen molar-refractivity contribution in [3.05, 3.63) is 29.6 Å². The first-order valence-corrected chi connectivity index (χ1v) is 7.25. The molecule has 1 aliphatic rings. The molecule has 1 atom stereocenters. The number of carbonyl (C=O) groups is 1. The van der Waals surface area contributed by atoms with E-state index in [0.717, 1.165) is 25.3 Å². The predicted molar refractivity (Wildman–Crippen MR) is 80.7 cm³/mol. The summed E-state index contributed by atoms with van der Waals surface area (Å²) in [7, 11) is 1.88. The van der Waals surface area contributed by atoms with Gasteiger partial charge in [-0.25, -0.2) is 0 Å². The number of nitrogens with zero attached hydrogens (tertiary/aromatic N) is 3. The van der Waals surface area contributed by atoms with Gasteiger partial charge in [0.25, 0.3) is 0 Å². The molecule has 6 heteroatoms. The van der Waals surface area contributed by atoms with Gasteiger partial charge in [-0.2, -0.15) is 0 Å². The normalized spacial score (nSPS) is 19.9. The number of hydrogen-bond acceptors (Lipinski definition) is 5. The largest absolute Gasteiger partial charge is 0.374 e. The van der Waals surface area contributed by atoms with E-state index >= 15 is 0 Å². The van der Waals surface area contributed by atoms with Crippen LogP contribution in [0, 0.1) is 6.92 Å². The van der Waals surface area contributed by atoms with Crippen LogP contribution in [0.4, 0.5) is 0 Å². The molecule has 0 aliphatic carbocycles. The number of aryl methyl sites for hydroxylation is 1. The summed E-state index contributed by atoms with van der Waals surface area (Å²) in [6.45, 7) is 6.31. The quantitative estimate of drug-likeness (QED) is 0.799. The number of hydrogen-bond donors (Lipinski definition) is 1. The summed E-state index contributed by atoms with van der Waals surface area (Å²) in [6.07, 6.45) is 2.00. The molecule has 0 saturated carbocycles. The molecular weight excluding hydrogens is 268 g/mol. The van der Waals surface area contributed by atoms with Crippen molar-refractivity contribution in [2.45, 2.75) is 19.6 Å². The number of aromatic nitrogens is 1. The van der Waals surface area contributed by atoms with Crippen molar-refractivity contribution in [2.75, 3.05) is 39.8 Å². The van der Waals surface area contributed by atoms with E-state index in [4.69, 9.17) is 10.5 Å². The number of nitrogens with two attached hydrogens (primary N) is 1. The van der Waals surface area contributed by atoms with Crippen molar-refractivity contribution in [2.24, 2.45) is 5.73 Å². The SMILES string of the molecule is Cc1ccc(CN2CCOC(CN(C)CC(N)=O)C2)nc1. The molecule has 1 saturated heterocycles. The first-order valence-electron chi connectivity index (χ1n) is 7.25. The third-order valence-electron chi connectivity index (χ3n) is 3.52. The number of ether oxygens (including phenoxy) is 1. The number of likely N-dealkylation sites (N-methyl/N-ethyl adjacent to an activating group) is 1. The minimum Gasteiger partial charge on any atom is -0.374 e. The van der Waals surface area contributed by atoms with Crippen LogP contribution in [0.2, 0.25) is 0 Å². The summed E-state index contributed by atoms with van der Waals surface area (Å²) in [5.74, 6) is -0.311. The maximum Gasteiger partial charge on any atom is 0.231 e. The van der Waals surface area contributed by atoms with Crippen LogP contribution in [-0.2, 0) is 16.1 Å². The summed E-state index contributed by atoms with van der Waals surface area (Å²) in [6, 6.07) is 4.15. The van der Waals surface area contributed by atoms with E-state index in [2.05, 4.69) is 22.0 Å². The van der Waals surface area contributed by atoms with Crippen molar-refractivity contribution in [3.63, 3.8) is 0 Å². The van der Waals surface area contributed by atoms with Gasteiger partial charge in [0.15, 0.2) is 0 Å². The lowest BCUT2D eigenvalue weighted by Gasteiger charge is -2.34. The summed E-state index contributed by atoms with van der Waals surface area (Å²) >= 11 is 0. The molecule has 0 spiro atoms. The Morgan fingerprint density at radius 1 is 1.57 bits per heavy atom. The number of carbonyl (C=O) groups excluding carboxylic acids is 1. The zero-order chi connectivity index (χ0) is 15.2. The Morgan fingerprint density at radius 3 is 3.05 bits per heavy atom. The highest BCUT2D eigenvalue weighted by molar-refractivity contribution is 5.75. The van der Waals surface area contributed by atoms with Crippen LogP contribution in [-0.4, -0.2) is 66.6 Å². The molecule has 21 heavy (non-hydrogen) atoms. The van der Waals surface area contributed by atoms with Gasteiger partial charge < -0.3 is 10.5 Å². The highest BCUT2D eigenvalue weighted by Gasteiger charge is 2.22. The molecule has 116 valence electrons. The first-order chi connectivity index (χ1) is 10.0. The standard InChI is InChI=1S/C15H24N4O2/c1-12-3-4-13(17-7-12)8-19-5-6-21-14(10-19)9-18(2)11-15(16)20/h3-4,7,14H,5-6,8-11H2,1-2H3,(H2,16,20). The summed E-state index contributed by atoms with van der Waals surface area (Å²) in [4.78, 5) is 19.6. The van der Waals surface area contributed by atoms with Gasteiger partial charge in [0.2, 0.25) is 5.91 Å². The monoisotopic (exact) mass is 292 g/mol. The molecular formula is C15H24N4O2. The van der Waals surface area contributed by atoms with Crippen LogP contribution in [0.3, 0.4) is 0 Å². The fourth-order valence-electron chi connectivity index (χ4n) is 2.53. The minimum atomic E-state index is -0.311. The van der Waals surface area contributed by atoms with Crippen LogP contribution in [0.15, 0.2) is 18.3 Å². The van der Waals surface area contributed by atoms with Crippen LogP contribution in [0.5, 0.6) is 0 Å². The third-order valence-corrected chi connectivity index (χ3v) is 3.52. The van der Waals surface area contributed by atoms with E-state index in [1.165, 1.54) is 5.56 Å². The average molecular weight is 292 g/mol. The van der Waals surface area contributed by atoms with Gasteiger partial charge in [-0.1, -0.05) is 6.07 Å². The number of amides is 1. The van der Waals surface area contributed by atoms with E-state index < -0.39 is 0 Å². The second-order valence-corrected chi connectivity index (χ2v) is 5.72. The Hall–Kier alpha value is -1.50.